The average Bonchev–Trinajstić information content (AvgIpc) is 2.26. The summed E-state index contributed by atoms with van der Waals surface area (Å²) in [4.78, 5) is 2.29. The molecular formula is C10H19N3OS. The molecule has 0 bridgehead atoms. The third-order valence-corrected chi connectivity index (χ3v) is 3.89. The van der Waals surface area contributed by atoms with Gasteiger partial charge >= 0.3 is 0 Å². The summed E-state index contributed by atoms with van der Waals surface area (Å²) in [6.45, 7) is 5.60. The summed E-state index contributed by atoms with van der Waals surface area (Å²) >= 11 is 0. The lowest BCUT2D eigenvalue weighted by atomic mass is 10.2. The zero-order valence-corrected chi connectivity index (χ0v) is 10.1. The SMILES string of the molecule is CCNC(C#N)CCN1CCS(=O)CC1. The highest BCUT2D eigenvalue weighted by atomic mass is 32.2. The van der Waals surface area contributed by atoms with Crippen LogP contribution >= 0.6 is 0 Å². The zero-order valence-electron chi connectivity index (χ0n) is 9.24. The van der Waals surface area contributed by atoms with Crippen LogP contribution < -0.4 is 5.32 Å². The first kappa shape index (κ1) is 12.6. The summed E-state index contributed by atoms with van der Waals surface area (Å²) in [6.07, 6.45) is 0.858. The minimum absolute atomic E-state index is 0.0394. The Labute approximate surface area is 94.1 Å². The minimum Gasteiger partial charge on any atom is -0.302 e. The molecule has 0 saturated carbocycles. The van der Waals surface area contributed by atoms with Gasteiger partial charge in [0, 0.05) is 41.9 Å². The van der Waals surface area contributed by atoms with Gasteiger partial charge in [0.2, 0.25) is 0 Å². The molecule has 1 saturated heterocycles. The van der Waals surface area contributed by atoms with Gasteiger partial charge in [-0.2, -0.15) is 5.26 Å². The first-order valence-corrected chi connectivity index (χ1v) is 6.95. The van der Waals surface area contributed by atoms with Crippen LogP contribution in [-0.2, 0) is 10.8 Å². The van der Waals surface area contributed by atoms with Crippen molar-refractivity contribution < 1.29 is 4.21 Å². The van der Waals surface area contributed by atoms with Gasteiger partial charge in [-0.3, -0.25) is 4.21 Å². The summed E-state index contributed by atoms with van der Waals surface area (Å²) in [6, 6.07) is 2.21. The summed E-state index contributed by atoms with van der Waals surface area (Å²) in [7, 11) is -0.603. The molecule has 0 amide bonds. The maximum atomic E-state index is 11.1. The van der Waals surface area contributed by atoms with Gasteiger partial charge in [0.05, 0.1) is 12.1 Å². The van der Waals surface area contributed by atoms with Crippen molar-refractivity contribution in [2.45, 2.75) is 19.4 Å². The van der Waals surface area contributed by atoms with E-state index in [-0.39, 0.29) is 6.04 Å². The van der Waals surface area contributed by atoms with Crippen LogP contribution in [0.25, 0.3) is 0 Å². The molecule has 0 aromatic carbocycles. The van der Waals surface area contributed by atoms with Crippen molar-refractivity contribution in [3.05, 3.63) is 0 Å². The largest absolute Gasteiger partial charge is 0.302 e. The van der Waals surface area contributed by atoms with E-state index in [9.17, 15) is 4.21 Å². The van der Waals surface area contributed by atoms with Gasteiger partial charge in [-0.25, -0.2) is 0 Å². The normalized spacial score (nSPS) is 21.1. The highest BCUT2D eigenvalue weighted by Gasteiger charge is 2.16. The predicted octanol–water partition coefficient (Wildman–Crippen LogP) is -0.0575. The van der Waals surface area contributed by atoms with Crippen molar-refractivity contribution >= 4 is 10.8 Å². The molecule has 4 nitrogen and oxygen atoms in total. The number of nitrogens with one attached hydrogen (secondary N) is 1. The van der Waals surface area contributed by atoms with Crippen LogP contribution in [0, 0.1) is 11.3 Å². The van der Waals surface area contributed by atoms with Gasteiger partial charge in [-0.15, -0.1) is 0 Å². The summed E-state index contributed by atoms with van der Waals surface area (Å²) in [5, 5.41) is 12.0. The van der Waals surface area contributed by atoms with E-state index < -0.39 is 10.8 Å². The van der Waals surface area contributed by atoms with Crippen molar-refractivity contribution in [2.24, 2.45) is 0 Å². The van der Waals surface area contributed by atoms with Crippen LogP contribution in [0.3, 0.4) is 0 Å². The highest BCUT2D eigenvalue weighted by Crippen LogP contribution is 2.02. The van der Waals surface area contributed by atoms with Crippen LogP contribution in [-0.4, -0.2) is 52.8 Å². The van der Waals surface area contributed by atoms with Crippen LogP contribution in [0.1, 0.15) is 13.3 Å². The molecule has 0 radical (unpaired) electrons. The Morgan fingerprint density at radius 2 is 2.20 bits per heavy atom. The van der Waals surface area contributed by atoms with E-state index >= 15 is 0 Å². The lowest BCUT2D eigenvalue weighted by Gasteiger charge is -2.26. The van der Waals surface area contributed by atoms with Gasteiger partial charge < -0.3 is 10.2 Å². The fourth-order valence-electron chi connectivity index (χ4n) is 1.67. The van der Waals surface area contributed by atoms with Crippen molar-refractivity contribution in [3.63, 3.8) is 0 Å². The van der Waals surface area contributed by atoms with Gasteiger partial charge in [0.15, 0.2) is 0 Å². The molecule has 0 aliphatic carbocycles. The molecule has 1 heterocycles. The third-order valence-electron chi connectivity index (χ3n) is 2.61. The second kappa shape index (κ2) is 6.94. The molecule has 5 heteroatoms. The molecule has 1 aliphatic rings. The van der Waals surface area contributed by atoms with Crippen LogP contribution in [0.15, 0.2) is 0 Å². The maximum Gasteiger partial charge on any atom is 0.0965 e. The molecule has 1 unspecified atom stereocenters. The number of rotatable bonds is 5. The van der Waals surface area contributed by atoms with Gasteiger partial charge in [-0.1, -0.05) is 6.92 Å². The van der Waals surface area contributed by atoms with Crippen LogP contribution in [0.2, 0.25) is 0 Å². The van der Waals surface area contributed by atoms with Gasteiger partial charge in [0.25, 0.3) is 0 Å². The number of nitriles is 1. The van der Waals surface area contributed by atoms with Crippen LogP contribution in [0.5, 0.6) is 0 Å². The minimum atomic E-state index is -0.603. The number of hydrogen-bond acceptors (Lipinski definition) is 4. The molecular weight excluding hydrogens is 210 g/mol. The number of hydrogen-bond donors (Lipinski definition) is 1. The standard InChI is InChI=1S/C10H19N3OS/c1-2-12-10(9-11)3-4-13-5-7-15(14)8-6-13/h10,12H,2-8H2,1H3. The van der Waals surface area contributed by atoms with Crippen molar-refractivity contribution in [3.8, 4) is 6.07 Å². The highest BCUT2D eigenvalue weighted by molar-refractivity contribution is 7.85. The monoisotopic (exact) mass is 229 g/mol. The topological polar surface area (TPSA) is 56.1 Å². The molecule has 1 rings (SSSR count). The van der Waals surface area contributed by atoms with E-state index in [1.807, 2.05) is 6.92 Å². The molecule has 0 aromatic rings. The Hall–Kier alpha value is -0.440. The first-order chi connectivity index (χ1) is 7.26. The lowest BCUT2D eigenvalue weighted by Crippen LogP contribution is -2.40. The second-order valence-electron chi connectivity index (χ2n) is 3.72. The molecule has 0 spiro atoms. The molecule has 86 valence electrons. The summed E-state index contributed by atoms with van der Waals surface area (Å²) < 4.78 is 11.1. The molecule has 1 fully saturated rings. The number of nitrogens with zero attached hydrogens (tertiary/aromatic N) is 2. The fourth-order valence-corrected chi connectivity index (χ4v) is 2.80. The fraction of sp³-hybridized carbons (Fsp3) is 0.900. The summed E-state index contributed by atoms with van der Waals surface area (Å²) in [5.41, 5.74) is 0. The molecule has 1 aliphatic heterocycles. The Morgan fingerprint density at radius 1 is 1.53 bits per heavy atom. The average molecular weight is 229 g/mol. The Kier molecular flexibility index (Phi) is 5.84. The summed E-state index contributed by atoms with van der Waals surface area (Å²) in [5.74, 6) is 1.58. The molecule has 0 aromatic heterocycles. The smallest absolute Gasteiger partial charge is 0.0965 e. The van der Waals surface area contributed by atoms with E-state index in [0.717, 1.165) is 44.1 Å². The van der Waals surface area contributed by atoms with E-state index in [4.69, 9.17) is 5.26 Å². The quantitative estimate of drug-likeness (QED) is 0.718. The second-order valence-corrected chi connectivity index (χ2v) is 5.41. The first-order valence-electron chi connectivity index (χ1n) is 5.46. The lowest BCUT2D eigenvalue weighted by molar-refractivity contribution is 0.287. The molecule has 1 N–H and O–H groups in total. The van der Waals surface area contributed by atoms with Crippen molar-refractivity contribution in [1.82, 2.24) is 10.2 Å². The maximum absolute atomic E-state index is 11.1. The molecule has 1 atom stereocenters. The van der Waals surface area contributed by atoms with E-state index in [1.54, 1.807) is 0 Å². The van der Waals surface area contributed by atoms with Gasteiger partial charge in [0.1, 0.15) is 0 Å². The molecule has 15 heavy (non-hydrogen) atoms. The van der Waals surface area contributed by atoms with Gasteiger partial charge in [-0.05, 0) is 13.0 Å². The van der Waals surface area contributed by atoms with Crippen molar-refractivity contribution in [2.75, 3.05) is 37.7 Å². The van der Waals surface area contributed by atoms with Crippen molar-refractivity contribution in [1.29, 1.82) is 5.26 Å². The van der Waals surface area contributed by atoms with E-state index in [1.165, 1.54) is 0 Å². The Morgan fingerprint density at radius 3 is 2.73 bits per heavy atom. The zero-order chi connectivity index (χ0) is 11.1. The van der Waals surface area contributed by atoms with E-state index in [2.05, 4.69) is 16.3 Å². The third kappa shape index (κ3) is 4.74. The van der Waals surface area contributed by atoms with Crippen LogP contribution in [0.4, 0.5) is 0 Å². The Bertz CT molecular complexity index is 242. The van der Waals surface area contributed by atoms with E-state index in [0.29, 0.717) is 0 Å². The Balaban J connectivity index is 2.19. The predicted molar refractivity (Wildman–Crippen MR) is 62.0 cm³/mol.